The molecule has 0 saturated heterocycles. The number of ether oxygens (including phenoxy) is 2. The molecule has 3 nitrogen and oxygen atoms in total. The summed E-state index contributed by atoms with van der Waals surface area (Å²) < 4.78 is 10.1. The van der Waals surface area contributed by atoms with Crippen LogP contribution in [0.25, 0.3) is 0 Å². The van der Waals surface area contributed by atoms with Gasteiger partial charge in [0, 0.05) is 0 Å². The highest BCUT2D eigenvalue weighted by atomic mass is 16.7. The maximum atomic E-state index is 11.4. The molecule has 1 atom stereocenters. The Morgan fingerprint density at radius 2 is 1.72 bits per heavy atom. The van der Waals surface area contributed by atoms with E-state index in [1.54, 1.807) is 0 Å². The van der Waals surface area contributed by atoms with Gasteiger partial charge in [-0.1, -0.05) is 38.1 Å². The molecule has 1 aromatic carbocycles. The third-order valence-corrected chi connectivity index (χ3v) is 3.93. The summed E-state index contributed by atoms with van der Waals surface area (Å²) in [5.41, 5.74) is 1.88. The molecular formula is C15H20O3. The van der Waals surface area contributed by atoms with Crippen molar-refractivity contribution in [3.63, 3.8) is 0 Å². The molecule has 0 fully saturated rings. The van der Waals surface area contributed by atoms with Crippen LogP contribution in [0, 0.1) is 0 Å². The second-order valence-corrected chi connectivity index (χ2v) is 5.72. The molecule has 0 radical (unpaired) electrons. The van der Waals surface area contributed by atoms with Crippen molar-refractivity contribution in [1.82, 2.24) is 0 Å². The van der Waals surface area contributed by atoms with E-state index in [0.717, 1.165) is 18.4 Å². The van der Waals surface area contributed by atoms with Gasteiger partial charge in [-0.2, -0.15) is 0 Å². The van der Waals surface area contributed by atoms with Crippen molar-refractivity contribution in [3.05, 3.63) is 35.4 Å². The van der Waals surface area contributed by atoms with Crippen LogP contribution in [0.1, 0.15) is 44.7 Å². The van der Waals surface area contributed by atoms with Crippen LogP contribution in [0.5, 0.6) is 0 Å². The smallest absolute Gasteiger partial charge is 0.438 e. The molecule has 1 aliphatic rings. The number of carbonyl (C=O) groups excluding carboxylic acids is 1. The Morgan fingerprint density at radius 1 is 1.11 bits per heavy atom. The molecule has 0 spiro atoms. The first-order chi connectivity index (χ1) is 8.39. The standard InChI is InChI=1S/C15H20O3/c1-14(2)9-10-15(3,18-13(16)17-4)12-8-6-5-7-11(12)14/h5-8H,9-10H2,1-4H3. The van der Waals surface area contributed by atoms with E-state index in [0.29, 0.717) is 0 Å². The van der Waals surface area contributed by atoms with Gasteiger partial charge >= 0.3 is 6.16 Å². The zero-order valence-corrected chi connectivity index (χ0v) is 11.4. The monoisotopic (exact) mass is 248 g/mol. The molecule has 18 heavy (non-hydrogen) atoms. The lowest BCUT2D eigenvalue weighted by Crippen LogP contribution is -2.39. The molecule has 1 aromatic rings. The molecular weight excluding hydrogens is 228 g/mol. The Balaban J connectivity index is 2.44. The number of hydrogen-bond acceptors (Lipinski definition) is 3. The average Bonchev–Trinajstić information content (AvgIpc) is 2.35. The van der Waals surface area contributed by atoms with Gasteiger partial charge in [0.15, 0.2) is 0 Å². The number of fused-ring (bicyclic) bond motifs is 1. The largest absolute Gasteiger partial charge is 0.508 e. The summed E-state index contributed by atoms with van der Waals surface area (Å²) in [5.74, 6) is 0. The molecule has 0 heterocycles. The second-order valence-electron chi connectivity index (χ2n) is 5.72. The van der Waals surface area contributed by atoms with Crippen LogP contribution in [0.15, 0.2) is 24.3 Å². The average molecular weight is 248 g/mol. The number of benzene rings is 1. The van der Waals surface area contributed by atoms with Crippen LogP contribution in [-0.2, 0) is 20.5 Å². The minimum absolute atomic E-state index is 0.121. The van der Waals surface area contributed by atoms with Gasteiger partial charge in [-0.25, -0.2) is 4.79 Å². The summed E-state index contributed by atoms with van der Waals surface area (Å²) in [6.45, 7) is 6.41. The predicted molar refractivity (Wildman–Crippen MR) is 69.5 cm³/mol. The van der Waals surface area contributed by atoms with Gasteiger partial charge in [0.1, 0.15) is 5.60 Å². The van der Waals surface area contributed by atoms with Crippen molar-refractivity contribution in [2.75, 3.05) is 7.11 Å². The zero-order chi connectivity index (χ0) is 13.4. The summed E-state index contributed by atoms with van der Waals surface area (Å²) in [6, 6.07) is 8.18. The van der Waals surface area contributed by atoms with Crippen molar-refractivity contribution in [1.29, 1.82) is 0 Å². The van der Waals surface area contributed by atoms with Gasteiger partial charge in [-0.05, 0) is 36.3 Å². The third-order valence-electron chi connectivity index (χ3n) is 3.93. The first-order valence-corrected chi connectivity index (χ1v) is 6.26. The number of hydrogen-bond donors (Lipinski definition) is 0. The van der Waals surface area contributed by atoms with E-state index in [4.69, 9.17) is 4.74 Å². The normalized spacial score (nSPS) is 25.1. The molecule has 98 valence electrons. The molecule has 2 rings (SSSR count). The van der Waals surface area contributed by atoms with Gasteiger partial charge in [-0.3, -0.25) is 0 Å². The van der Waals surface area contributed by atoms with E-state index < -0.39 is 11.8 Å². The van der Waals surface area contributed by atoms with Crippen molar-refractivity contribution in [2.45, 2.75) is 44.6 Å². The van der Waals surface area contributed by atoms with Gasteiger partial charge in [0.25, 0.3) is 0 Å². The van der Waals surface area contributed by atoms with Gasteiger partial charge in [0.2, 0.25) is 0 Å². The van der Waals surface area contributed by atoms with E-state index in [9.17, 15) is 4.79 Å². The summed E-state index contributed by atoms with van der Waals surface area (Å²) in [6.07, 6.45) is 1.18. The van der Waals surface area contributed by atoms with Crippen LogP contribution in [0.4, 0.5) is 4.79 Å². The van der Waals surface area contributed by atoms with Crippen molar-refractivity contribution in [3.8, 4) is 0 Å². The Morgan fingerprint density at radius 3 is 2.33 bits per heavy atom. The second kappa shape index (κ2) is 4.30. The number of methoxy groups -OCH3 is 1. The quantitative estimate of drug-likeness (QED) is 0.710. The fourth-order valence-electron chi connectivity index (χ4n) is 2.69. The molecule has 0 amide bonds. The van der Waals surface area contributed by atoms with Crippen LogP contribution in [-0.4, -0.2) is 13.3 Å². The third kappa shape index (κ3) is 2.09. The van der Waals surface area contributed by atoms with Crippen molar-refractivity contribution in [2.24, 2.45) is 0 Å². The Hall–Kier alpha value is -1.51. The van der Waals surface area contributed by atoms with Crippen molar-refractivity contribution < 1.29 is 14.3 Å². The Kier molecular flexibility index (Phi) is 3.09. The summed E-state index contributed by atoms with van der Waals surface area (Å²) in [4.78, 5) is 11.4. The molecule has 1 unspecified atom stereocenters. The molecule has 0 aromatic heterocycles. The lowest BCUT2D eigenvalue weighted by molar-refractivity contribution is -0.0352. The highest BCUT2D eigenvalue weighted by Gasteiger charge is 2.42. The minimum atomic E-state index is -0.619. The van der Waals surface area contributed by atoms with E-state index in [-0.39, 0.29) is 5.41 Å². The van der Waals surface area contributed by atoms with E-state index >= 15 is 0 Å². The van der Waals surface area contributed by atoms with Gasteiger partial charge in [-0.15, -0.1) is 0 Å². The lowest BCUT2D eigenvalue weighted by atomic mass is 9.67. The van der Waals surface area contributed by atoms with Gasteiger partial charge < -0.3 is 9.47 Å². The number of carbonyl (C=O) groups is 1. The van der Waals surface area contributed by atoms with E-state index in [1.807, 2.05) is 25.1 Å². The molecule has 3 heteroatoms. The summed E-state index contributed by atoms with van der Waals surface area (Å²) in [5, 5.41) is 0. The molecule has 0 bridgehead atoms. The van der Waals surface area contributed by atoms with Crippen LogP contribution >= 0.6 is 0 Å². The Bertz CT molecular complexity index is 465. The van der Waals surface area contributed by atoms with E-state index in [1.165, 1.54) is 12.7 Å². The highest BCUT2D eigenvalue weighted by molar-refractivity contribution is 5.61. The molecule has 0 saturated carbocycles. The van der Waals surface area contributed by atoms with Crippen LogP contribution < -0.4 is 0 Å². The fourth-order valence-corrected chi connectivity index (χ4v) is 2.69. The first kappa shape index (κ1) is 12.9. The lowest BCUT2D eigenvalue weighted by Gasteiger charge is -2.42. The molecule has 0 N–H and O–H groups in total. The first-order valence-electron chi connectivity index (χ1n) is 6.26. The van der Waals surface area contributed by atoms with Crippen LogP contribution in [0.3, 0.4) is 0 Å². The zero-order valence-electron chi connectivity index (χ0n) is 11.4. The Labute approximate surface area is 108 Å². The maximum Gasteiger partial charge on any atom is 0.508 e. The summed E-state index contributed by atoms with van der Waals surface area (Å²) >= 11 is 0. The SMILES string of the molecule is COC(=O)OC1(C)CCC(C)(C)c2ccccc21. The topological polar surface area (TPSA) is 35.5 Å². The molecule has 0 aliphatic heterocycles. The molecule has 1 aliphatic carbocycles. The predicted octanol–water partition coefficient (Wildman–Crippen LogP) is 3.76. The minimum Gasteiger partial charge on any atom is -0.438 e. The summed E-state index contributed by atoms with van der Waals surface area (Å²) in [7, 11) is 1.34. The maximum absolute atomic E-state index is 11.4. The number of rotatable bonds is 1. The van der Waals surface area contributed by atoms with E-state index in [2.05, 4.69) is 24.7 Å². The van der Waals surface area contributed by atoms with Gasteiger partial charge in [0.05, 0.1) is 7.11 Å². The van der Waals surface area contributed by atoms with Crippen molar-refractivity contribution >= 4 is 6.16 Å². The highest BCUT2D eigenvalue weighted by Crippen LogP contribution is 2.46. The van der Waals surface area contributed by atoms with Crippen LogP contribution in [0.2, 0.25) is 0 Å². The fraction of sp³-hybridized carbons (Fsp3) is 0.533.